The fourth-order valence-corrected chi connectivity index (χ4v) is 6.27. The van der Waals surface area contributed by atoms with Crippen molar-refractivity contribution in [1.82, 2.24) is 14.2 Å². The summed E-state index contributed by atoms with van der Waals surface area (Å²) in [4.78, 5) is 17.8. The number of benzene rings is 1. The molecule has 0 unspecified atom stereocenters. The Bertz CT molecular complexity index is 976. The molecule has 2 aliphatic heterocycles. The van der Waals surface area contributed by atoms with Crippen LogP contribution in [0.15, 0.2) is 59.8 Å². The van der Waals surface area contributed by atoms with Crippen molar-refractivity contribution < 1.29 is 17.9 Å². The molecule has 1 aromatic carbocycles. The summed E-state index contributed by atoms with van der Waals surface area (Å²) >= 11 is 0. The van der Waals surface area contributed by atoms with Crippen LogP contribution in [-0.4, -0.2) is 61.3 Å². The maximum Gasteiger partial charge on any atom is 0.244 e. The molecule has 0 aliphatic carbocycles. The monoisotopic (exact) mass is 443 g/mol. The van der Waals surface area contributed by atoms with Crippen molar-refractivity contribution in [1.29, 1.82) is 0 Å². The molecule has 3 heterocycles. The van der Waals surface area contributed by atoms with E-state index in [4.69, 9.17) is 4.74 Å². The molecule has 0 N–H and O–H groups in total. The summed E-state index contributed by atoms with van der Waals surface area (Å²) in [6.07, 6.45) is 4.77. The zero-order valence-corrected chi connectivity index (χ0v) is 18.6. The van der Waals surface area contributed by atoms with Gasteiger partial charge in [0, 0.05) is 51.4 Å². The maximum atomic E-state index is 13.2. The van der Waals surface area contributed by atoms with E-state index in [2.05, 4.69) is 4.98 Å². The fourth-order valence-electron chi connectivity index (χ4n) is 4.77. The number of para-hydroxylation sites is 1. The van der Waals surface area contributed by atoms with E-state index < -0.39 is 10.0 Å². The minimum Gasteiger partial charge on any atom is -0.493 e. The molecule has 2 fully saturated rings. The summed E-state index contributed by atoms with van der Waals surface area (Å²) in [7, 11) is -3.60. The minimum absolute atomic E-state index is 0.0977. The van der Waals surface area contributed by atoms with Crippen LogP contribution in [0.2, 0.25) is 0 Å². The van der Waals surface area contributed by atoms with Gasteiger partial charge < -0.3 is 9.64 Å². The van der Waals surface area contributed by atoms with Gasteiger partial charge in [0.2, 0.25) is 15.9 Å². The molecule has 1 aromatic heterocycles. The van der Waals surface area contributed by atoms with Gasteiger partial charge in [0.25, 0.3) is 0 Å². The first-order valence-corrected chi connectivity index (χ1v) is 12.2. The number of rotatable bonds is 6. The lowest BCUT2D eigenvalue weighted by atomic mass is 9.79. The Kier molecular flexibility index (Phi) is 6.57. The largest absolute Gasteiger partial charge is 0.493 e. The van der Waals surface area contributed by atoms with E-state index in [0.29, 0.717) is 25.6 Å². The molecule has 0 bridgehead atoms. The number of likely N-dealkylation sites (tertiary alicyclic amines) is 1. The Morgan fingerprint density at radius 2 is 1.84 bits per heavy atom. The first kappa shape index (κ1) is 21.8. The number of aromatic nitrogens is 1. The molecule has 2 saturated heterocycles. The third-order valence-electron chi connectivity index (χ3n) is 6.53. The number of amides is 1. The third-order valence-corrected chi connectivity index (χ3v) is 8.34. The highest BCUT2D eigenvalue weighted by molar-refractivity contribution is 7.89. The van der Waals surface area contributed by atoms with Gasteiger partial charge in [-0.1, -0.05) is 18.2 Å². The Hall–Kier alpha value is -2.45. The summed E-state index contributed by atoms with van der Waals surface area (Å²) in [6.45, 7) is 4.46. The Morgan fingerprint density at radius 3 is 2.48 bits per heavy atom. The second-order valence-corrected chi connectivity index (χ2v) is 10.3. The first-order valence-electron chi connectivity index (χ1n) is 10.8. The zero-order valence-electron chi connectivity index (χ0n) is 17.8. The molecular formula is C23H29N3O4S. The number of pyridine rings is 1. The predicted molar refractivity (Wildman–Crippen MR) is 117 cm³/mol. The standard InChI is InChI=1S/C23H29N3O4S/c1-18(27)25-12-9-19(10-13-25)23-16-26(31(28,29)22-8-5-11-24-14-22)15-20(23)17-30-21-6-3-2-4-7-21/h2-8,11,14,19-20,23H,9-10,12-13,15-17H2,1H3/t20-,23-/m0/s1. The van der Waals surface area contributed by atoms with Crippen LogP contribution in [0.3, 0.4) is 0 Å². The molecule has 7 nitrogen and oxygen atoms in total. The molecule has 8 heteroatoms. The molecule has 31 heavy (non-hydrogen) atoms. The van der Waals surface area contributed by atoms with Crippen molar-refractivity contribution in [2.75, 3.05) is 32.8 Å². The topological polar surface area (TPSA) is 79.8 Å². The quantitative estimate of drug-likeness (QED) is 0.686. The Labute approximate surface area is 184 Å². The van der Waals surface area contributed by atoms with Crippen LogP contribution >= 0.6 is 0 Å². The molecule has 166 valence electrons. The molecule has 0 saturated carbocycles. The summed E-state index contributed by atoms with van der Waals surface area (Å²) in [5.41, 5.74) is 0. The maximum absolute atomic E-state index is 13.2. The normalized spacial score (nSPS) is 23.1. The van der Waals surface area contributed by atoms with Gasteiger partial charge in [-0.2, -0.15) is 4.31 Å². The molecule has 0 radical (unpaired) electrons. The van der Waals surface area contributed by atoms with E-state index in [1.165, 1.54) is 6.20 Å². The van der Waals surface area contributed by atoms with Gasteiger partial charge in [0.15, 0.2) is 0 Å². The van der Waals surface area contributed by atoms with Crippen molar-refractivity contribution in [3.05, 3.63) is 54.9 Å². The Balaban J connectivity index is 1.51. The molecule has 1 amide bonds. The number of carbonyl (C=O) groups excluding carboxylic acids is 1. The smallest absolute Gasteiger partial charge is 0.244 e. The van der Waals surface area contributed by atoms with Crippen LogP contribution < -0.4 is 4.74 Å². The van der Waals surface area contributed by atoms with Gasteiger partial charge in [0.1, 0.15) is 10.6 Å². The zero-order chi connectivity index (χ0) is 21.8. The highest BCUT2D eigenvalue weighted by Crippen LogP contribution is 2.38. The van der Waals surface area contributed by atoms with E-state index in [1.807, 2.05) is 35.2 Å². The van der Waals surface area contributed by atoms with Crippen LogP contribution in [0.1, 0.15) is 19.8 Å². The fraction of sp³-hybridized carbons (Fsp3) is 0.478. The molecule has 2 atom stereocenters. The number of carbonyl (C=O) groups is 1. The first-order chi connectivity index (χ1) is 14.9. The van der Waals surface area contributed by atoms with Crippen molar-refractivity contribution in [3.63, 3.8) is 0 Å². The highest BCUT2D eigenvalue weighted by Gasteiger charge is 2.43. The molecule has 4 rings (SSSR count). The third kappa shape index (κ3) is 4.91. The molecule has 2 aliphatic rings. The van der Waals surface area contributed by atoms with Crippen LogP contribution in [0, 0.1) is 17.8 Å². The number of hydrogen-bond acceptors (Lipinski definition) is 5. The predicted octanol–water partition coefficient (Wildman–Crippen LogP) is 2.66. The van der Waals surface area contributed by atoms with Crippen LogP contribution in [-0.2, 0) is 14.8 Å². The number of piperidine rings is 1. The summed E-state index contributed by atoms with van der Waals surface area (Å²) in [5, 5.41) is 0. The number of nitrogens with zero attached hydrogens (tertiary/aromatic N) is 3. The van der Waals surface area contributed by atoms with E-state index in [0.717, 1.165) is 31.7 Å². The van der Waals surface area contributed by atoms with Gasteiger partial charge in [-0.15, -0.1) is 0 Å². The van der Waals surface area contributed by atoms with Crippen molar-refractivity contribution in [2.45, 2.75) is 24.7 Å². The van der Waals surface area contributed by atoms with Crippen molar-refractivity contribution in [3.8, 4) is 5.75 Å². The number of sulfonamides is 1. The van der Waals surface area contributed by atoms with Crippen molar-refractivity contribution >= 4 is 15.9 Å². The van der Waals surface area contributed by atoms with Crippen LogP contribution in [0.4, 0.5) is 0 Å². The van der Waals surface area contributed by atoms with Gasteiger partial charge in [-0.05, 0) is 48.9 Å². The van der Waals surface area contributed by atoms with Crippen LogP contribution in [0.5, 0.6) is 5.75 Å². The van der Waals surface area contributed by atoms with E-state index in [9.17, 15) is 13.2 Å². The number of ether oxygens (including phenoxy) is 1. The lowest BCUT2D eigenvalue weighted by Gasteiger charge is -2.36. The lowest BCUT2D eigenvalue weighted by Crippen LogP contribution is -2.40. The molecule has 0 spiro atoms. The molecule has 2 aromatic rings. The highest BCUT2D eigenvalue weighted by atomic mass is 32.2. The van der Waals surface area contributed by atoms with Crippen LogP contribution in [0.25, 0.3) is 0 Å². The number of hydrogen-bond donors (Lipinski definition) is 0. The van der Waals surface area contributed by atoms with Gasteiger partial charge >= 0.3 is 0 Å². The second kappa shape index (κ2) is 9.36. The summed E-state index contributed by atoms with van der Waals surface area (Å²) in [5.74, 6) is 1.56. The minimum atomic E-state index is -3.60. The summed E-state index contributed by atoms with van der Waals surface area (Å²) < 4.78 is 34.1. The SMILES string of the molecule is CC(=O)N1CCC([C@@H]2CN(S(=O)(=O)c3cccnc3)C[C@H]2COc2ccccc2)CC1. The van der Waals surface area contributed by atoms with Crippen molar-refractivity contribution in [2.24, 2.45) is 17.8 Å². The average Bonchev–Trinajstić information content (AvgIpc) is 3.24. The van der Waals surface area contributed by atoms with E-state index >= 15 is 0 Å². The van der Waals surface area contributed by atoms with E-state index in [-0.39, 0.29) is 22.6 Å². The lowest BCUT2D eigenvalue weighted by molar-refractivity contribution is -0.130. The Morgan fingerprint density at radius 1 is 1.10 bits per heavy atom. The second-order valence-electron chi connectivity index (χ2n) is 8.40. The van der Waals surface area contributed by atoms with Gasteiger partial charge in [0.05, 0.1) is 6.61 Å². The average molecular weight is 444 g/mol. The van der Waals surface area contributed by atoms with Gasteiger partial charge in [-0.25, -0.2) is 8.42 Å². The van der Waals surface area contributed by atoms with Gasteiger partial charge in [-0.3, -0.25) is 9.78 Å². The van der Waals surface area contributed by atoms with E-state index in [1.54, 1.807) is 29.6 Å². The summed E-state index contributed by atoms with van der Waals surface area (Å²) in [6, 6.07) is 12.9. The molecular weight excluding hydrogens is 414 g/mol.